The number of hydrogen-bond acceptors (Lipinski definition) is 5. The van der Waals surface area contributed by atoms with Gasteiger partial charge in [0, 0.05) is 45.4 Å². The summed E-state index contributed by atoms with van der Waals surface area (Å²) in [6.07, 6.45) is 0. The van der Waals surface area contributed by atoms with Crippen LogP contribution in [0.2, 0.25) is 0 Å². The predicted molar refractivity (Wildman–Crippen MR) is 85.1 cm³/mol. The van der Waals surface area contributed by atoms with Gasteiger partial charge in [-0.15, -0.1) is 0 Å². The summed E-state index contributed by atoms with van der Waals surface area (Å²) in [5.41, 5.74) is -0.240. The lowest BCUT2D eigenvalue weighted by Crippen LogP contribution is -2.52. The van der Waals surface area contributed by atoms with E-state index in [1.54, 1.807) is 7.05 Å². The monoisotopic (exact) mass is 344 g/mol. The summed E-state index contributed by atoms with van der Waals surface area (Å²) in [5.74, 6) is 0. The minimum Gasteiger partial charge on any atom is -0.366 e. The average Bonchev–Trinajstić information content (AvgIpc) is 2.54. The minimum atomic E-state index is -3.74. The normalized spacial score (nSPS) is 16.3. The van der Waals surface area contributed by atoms with Crippen LogP contribution in [0.4, 0.5) is 5.69 Å². The second-order valence-electron chi connectivity index (χ2n) is 4.70. The highest BCUT2D eigenvalue weighted by atomic mass is 32.2. The predicted octanol–water partition coefficient (Wildman–Crippen LogP) is 0.405. The minimum absolute atomic E-state index is 0.0636. The van der Waals surface area contributed by atoms with Crippen LogP contribution in [0.5, 0.6) is 0 Å². The SMILES string of the molecule is CNC(=S)N1CCN(S(=O)(=O)c2cccc([N+](=O)[O-])c2)CC1. The molecule has 1 aliphatic heterocycles. The molecule has 0 saturated carbocycles. The van der Waals surface area contributed by atoms with E-state index in [1.807, 2.05) is 4.90 Å². The van der Waals surface area contributed by atoms with E-state index in [4.69, 9.17) is 12.2 Å². The highest BCUT2D eigenvalue weighted by Gasteiger charge is 2.29. The lowest BCUT2D eigenvalue weighted by Gasteiger charge is -2.35. The van der Waals surface area contributed by atoms with Crippen molar-refractivity contribution in [3.05, 3.63) is 34.4 Å². The topological polar surface area (TPSA) is 95.8 Å². The number of sulfonamides is 1. The number of hydrogen-bond donors (Lipinski definition) is 1. The van der Waals surface area contributed by atoms with Gasteiger partial charge >= 0.3 is 0 Å². The zero-order chi connectivity index (χ0) is 16.3. The van der Waals surface area contributed by atoms with Gasteiger partial charge in [-0.1, -0.05) is 6.07 Å². The third-order valence-corrected chi connectivity index (χ3v) is 5.76. The van der Waals surface area contributed by atoms with E-state index in [0.29, 0.717) is 18.2 Å². The number of non-ortho nitro benzene ring substituents is 1. The fraction of sp³-hybridized carbons (Fsp3) is 0.417. The molecular weight excluding hydrogens is 328 g/mol. The maximum atomic E-state index is 12.5. The van der Waals surface area contributed by atoms with E-state index in [0.717, 1.165) is 6.07 Å². The van der Waals surface area contributed by atoms with Crippen molar-refractivity contribution in [3.8, 4) is 0 Å². The Morgan fingerprint density at radius 3 is 2.50 bits per heavy atom. The maximum Gasteiger partial charge on any atom is 0.270 e. The van der Waals surface area contributed by atoms with Crippen LogP contribution in [-0.4, -0.2) is 60.9 Å². The van der Waals surface area contributed by atoms with Gasteiger partial charge in [-0.3, -0.25) is 10.1 Å². The molecule has 1 N–H and O–H groups in total. The highest BCUT2D eigenvalue weighted by Crippen LogP contribution is 2.22. The molecule has 22 heavy (non-hydrogen) atoms. The molecule has 0 aromatic heterocycles. The van der Waals surface area contributed by atoms with Crippen LogP contribution in [0, 0.1) is 10.1 Å². The summed E-state index contributed by atoms with van der Waals surface area (Å²) < 4.78 is 26.4. The molecule has 0 atom stereocenters. The third kappa shape index (κ3) is 3.34. The Morgan fingerprint density at radius 1 is 1.32 bits per heavy atom. The van der Waals surface area contributed by atoms with Gasteiger partial charge in [0.15, 0.2) is 5.11 Å². The van der Waals surface area contributed by atoms with E-state index in [9.17, 15) is 18.5 Å². The van der Waals surface area contributed by atoms with Crippen molar-refractivity contribution in [2.24, 2.45) is 0 Å². The number of piperazine rings is 1. The molecule has 120 valence electrons. The van der Waals surface area contributed by atoms with Gasteiger partial charge in [0.1, 0.15) is 0 Å². The Hall–Kier alpha value is -1.78. The first-order valence-electron chi connectivity index (χ1n) is 6.57. The highest BCUT2D eigenvalue weighted by molar-refractivity contribution is 7.89. The van der Waals surface area contributed by atoms with Gasteiger partial charge in [0.2, 0.25) is 10.0 Å². The van der Waals surface area contributed by atoms with Crippen molar-refractivity contribution >= 4 is 33.0 Å². The van der Waals surface area contributed by atoms with Crippen LogP contribution in [0.25, 0.3) is 0 Å². The molecule has 0 spiro atoms. The van der Waals surface area contributed by atoms with Gasteiger partial charge in [-0.2, -0.15) is 4.31 Å². The molecule has 2 rings (SSSR count). The maximum absolute atomic E-state index is 12.5. The number of nitro benzene ring substituents is 1. The first-order chi connectivity index (χ1) is 10.4. The third-order valence-electron chi connectivity index (χ3n) is 3.41. The quantitative estimate of drug-likeness (QED) is 0.482. The van der Waals surface area contributed by atoms with E-state index in [2.05, 4.69) is 5.32 Å². The second-order valence-corrected chi connectivity index (χ2v) is 7.03. The number of benzene rings is 1. The summed E-state index contributed by atoms with van der Waals surface area (Å²) in [5, 5.41) is 14.2. The summed E-state index contributed by atoms with van der Waals surface area (Å²) >= 11 is 5.12. The molecule has 10 heteroatoms. The number of rotatable bonds is 3. The molecule has 1 fully saturated rings. The van der Waals surface area contributed by atoms with Crippen molar-refractivity contribution in [2.75, 3.05) is 33.2 Å². The number of nitrogens with one attached hydrogen (secondary N) is 1. The van der Waals surface area contributed by atoms with Crippen molar-refractivity contribution < 1.29 is 13.3 Å². The average molecular weight is 344 g/mol. The molecular formula is C12H16N4O4S2. The Labute approximate surface area is 133 Å². The van der Waals surface area contributed by atoms with Crippen LogP contribution >= 0.6 is 12.2 Å². The first kappa shape index (κ1) is 16.6. The molecule has 0 bridgehead atoms. The zero-order valence-electron chi connectivity index (χ0n) is 11.9. The van der Waals surface area contributed by atoms with E-state index in [1.165, 1.54) is 22.5 Å². The Morgan fingerprint density at radius 2 is 1.95 bits per heavy atom. The number of nitrogens with zero attached hydrogens (tertiary/aromatic N) is 3. The molecule has 8 nitrogen and oxygen atoms in total. The zero-order valence-corrected chi connectivity index (χ0v) is 13.6. The van der Waals surface area contributed by atoms with Gasteiger partial charge in [-0.05, 0) is 18.3 Å². The fourth-order valence-corrected chi connectivity index (χ4v) is 3.84. The van der Waals surface area contributed by atoms with Gasteiger partial charge in [-0.25, -0.2) is 8.42 Å². The van der Waals surface area contributed by atoms with Gasteiger partial charge in [0.05, 0.1) is 9.82 Å². The van der Waals surface area contributed by atoms with Crippen molar-refractivity contribution in [3.63, 3.8) is 0 Å². The molecule has 0 radical (unpaired) electrons. The first-order valence-corrected chi connectivity index (χ1v) is 8.42. The molecule has 1 aromatic rings. The lowest BCUT2D eigenvalue weighted by molar-refractivity contribution is -0.385. The van der Waals surface area contributed by atoms with E-state index >= 15 is 0 Å². The van der Waals surface area contributed by atoms with Crippen LogP contribution in [0.15, 0.2) is 29.2 Å². The van der Waals surface area contributed by atoms with Crippen molar-refractivity contribution in [1.82, 2.24) is 14.5 Å². The Balaban J connectivity index is 2.17. The molecule has 1 aliphatic rings. The molecule has 0 aliphatic carbocycles. The van der Waals surface area contributed by atoms with E-state index < -0.39 is 14.9 Å². The summed E-state index contributed by atoms with van der Waals surface area (Å²) in [6.45, 7) is 1.53. The van der Waals surface area contributed by atoms with Gasteiger partial charge in [0.25, 0.3) is 5.69 Å². The number of nitro groups is 1. The molecule has 0 amide bonds. The van der Waals surface area contributed by atoms with Crippen molar-refractivity contribution in [1.29, 1.82) is 0 Å². The van der Waals surface area contributed by atoms with Crippen molar-refractivity contribution in [2.45, 2.75) is 4.90 Å². The Bertz CT molecular complexity index is 684. The second kappa shape index (κ2) is 6.55. The molecule has 0 unspecified atom stereocenters. The summed E-state index contributed by atoms with van der Waals surface area (Å²) in [7, 11) is -2.02. The fourth-order valence-electron chi connectivity index (χ4n) is 2.20. The van der Waals surface area contributed by atoms with Crippen LogP contribution in [0.3, 0.4) is 0 Å². The lowest BCUT2D eigenvalue weighted by atomic mass is 10.3. The standard InChI is InChI=1S/C12H16N4O4S2/c1-13-12(21)14-5-7-15(8-6-14)22(19,20)11-4-2-3-10(9-11)16(17)18/h2-4,9H,5-8H2,1H3,(H,13,21). The molecule has 1 heterocycles. The molecule has 1 aromatic carbocycles. The van der Waals surface area contributed by atoms with Gasteiger partial charge < -0.3 is 10.2 Å². The summed E-state index contributed by atoms with van der Waals surface area (Å²) in [4.78, 5) is 12.0. The van der Waals surface area contributed by atoms with E-state index in [-0.39, 0.29) is 23.7 Å². The molecule has 1 saturated heterocycles. The summed E-state index contributed by atoms with van der Waals surface area (Å²) in [6, 6.07) is 5.09. The largest absolute Gasteiger partial charge is 0.366 e. The van der Waals surface area contributed by atoms with Crippen LogP contribution in [-0.2, 0) is 10.0 Å². The smallest absolute Gasteiger partial charge is 0.270 e. The van der Waals surface area contributed by atoms with Crippen LogP contribution < -0.4 is 5.32 Å². The number of thiocarbonyl (C=S) groups is 1. The Kier molecular flexibility index (Phi) is 4.94. The van der Waals surface area contributed by atoms with Crippen LogP contribution in [0.1, 0.15) is 0 Å².